The molecule has 0 atom stereocenters. The fourth-order valence-electron chi connectivity index (χ4n) is 1.98. The van der Waals surface area contributed by atoms with Crippen LogP contribution in [-0.2, 0) is 0 Å². The van der Waals surface area contributed by atoms with Gasteiger partial charge in [-0.25, -0.2) is 5.48 Å². The Labute approximate surface area is 136 Å². The zero-order valence-electron chi connectivity index (χ0n) is 11.1. The summed E-state index contributed by atoms with van der Waals surface area (Å²) in [6.45, 7) is 2.00. The van der Waals surface area contributed by atoms with E-state index in [1.165, 1.54) is 0 Å². The van der Waals surface area contributed by atoms with E-state index in [-0.39, 0.29) is 0 Å². The van der Waals surface area contributed by atoms with Crippen LogP contribution in [0.2, 0.25) is 10.0 Å². The largest absolute Gasteiger partial charge is 0.397 e. The zero-order valence-corrected chi connectivity index (χ0v) is 13.4. The maximum atomic E-state index is 6.03. The lowest BCUT2D eigenvalue weighted by molar-refractivity contribution is 0.415. The highest BCUT2D eigenvalue weighted by atomic mass is 35.5. The van der Waals surface area contributed by atoms with E-state index in [9.17, 15) is 0 Å². The highest BCUT2D eigenvalue weighted by Crippen LogP contribution is 2.38. The second-order valence-corrected chi connectivity index (χ2v) is 6.45. The summed E-state index contributed by atoms with van der Waals surface area (Å²) >= 11 is 13.5. The Hall–Kier alpha value is -1.62. The van der Waals surface area contributed by atoms with E-state index in [2.05, 4.69) is 5.48 Å². The molecule has 6 heteroatoms. The Kier molecular flexibility index (Phi) is 3.85. The van der Waals surface area contributed by atoms with E-state index < -0.39 is 0 Å². The number of hydrogen-bond donors (Lipinski definition) is 2. The van der Waals surface area contributed by atoms with Gasteiger partial charge in [0.25, 0.3) is 0 Å². The lowest BCUT2D eigenvalue weighted by Gasteiger charge is -2.08. The molecule has 21 heavy (non-hydrogen) atoms. The summed E-state index contributed by atoms with van der Waals surface area (Å²) in [5.74, 6) is 0. The number of halogens is 2. The van der Waals surface area contributed by atoms with Crippen molar-refractivity contribution in [3.05, 3.63) is 52.0 Å². The fraction of sp³-hybridized carbons (Fsp3) is 0.0667. The molecule has 0 saturated carbocycles. The topological polar surface area (TPSA) is 47.3 Å². The monoisotopic (exact) mass is 338 g/mol. The Morgan fingerprint density at radius 2 is 1.95 bits per heavy atom. The normalized spacial score (nSPS) is 10.8. The average Bonchev–Trinajstić information content (AvgIpc) is 2.77. The lowest BCUT2D eigenvalue weighted by Crippen LogP contribution is -2.04. The molecule has 0 bridgehead atoms. The van der Waals surface area contributed by atoms with Gasteiger partial charge in [-0.3, -0.25) is 0 Å². The molecule has 3 N–H and O–H groups in total. The van der Waals surface area contributed by atoms with E-state index >= 15 is 0 Å². The molecule has 0 radical (unpaired) electrons. The number of nitrogens with two attached hydrogens (primary N) is 1. The highest BCUT2D eigenvalue weighted by Gasteiger charge is 2.10. The number of thiophene rings is 1. The molecule has 1 heterocycles. The molecule has 3 nitrogen and oxygen atoms in total. The number of nitrogen functional groups attached to an aromatic ring is 1. The van der Waals surface area contributed by atoms with Crippen LogP contribution in [0.1, 0.15) is 5.56 Å². The van der Waals surface area contributed by atoms with Gasteiger partial charge in [-0.2, -0.15) is 0 Å². The van der Waals surface area contributed by atoms with Gasteiger partial charge in [-0.1, -0.05) is 34.5 Å². The number of anilines is 2. The van der Waals surface area contributed by atoms with Crippen LogP contribution in [0, 0.1) is 6.92 Å². The molecule has 0 aliphatic rings. The molecule has 108 valence electrons. The van der Waals surface area contributed by atoms with E-state index in [4.69, 9.17) is 33.8 Å². The predicted octanol–water partition coefficient (Wildman–Crippen LogP) is 5.50. The zero-order chi connectivity index (χ0) is 15.0. The van der Waals surface area contributed by atoms with Gasteiger partial charge < -0.3 is 10.6 Å². The Bertz CT molecular complexity index is 817. The molecule has 0 aliphatic carbocycles. The van der Waals surface area contributed by atoms with Gasteiger partial charge >= 0.3 is 0 Å². The van der Waals surface area contributed by atoms with Crippen molar-refractivity contribution in [1.29, 1.82) is 0 Å². The minimum Gasteiger partial charge on any atom is -0.397 e. The van der Waals surface area contributed by atoms with Crippen molar-refractivity contribution in [3.63, 3.8) is 0 Å². The van der Waals surface area contributed by atoms with Crippen LogP contribution in [0.3, 0.4) is 0 Å². The van der Waals surface area contributed by atoms with Crippen LogP contribution in [0.4, 0.5) is 11.4 Å². The summed E-state index contributed by atoms with van der Waals surface area (Å²) in [5.41, 5.74) is 10.9. The first-order valence-electron chi connectivity index (χ1n) is 6.21. The second-order valence-electron chi connectivity index (χ2n) is 4.60. The van der Waals surface area contributed by atoms with Crippen molar-refractivity contribution >= 4 is 56.0 Å². The van der Waals surface area contributed by atoms with Gasteiger partial charge in [0.05, 0.1) is 16.4 Å². The number of nitrogens with one attached hydrogen (secondary N) is 1. The molecule has 2 aromatic carbocycles. The third kappa shape index (κ3) is 2.88. The Morgan fingerprint density at radius 3 is 2.71 bits per heavy atom. The van der Waals surface area contributed by atoms with Crippen LogP contribution in [0.5, 0.6) is 5.06 Å². The molecule has 0 fully saturated rings. The van der Waals surface area contributed by atoms with Gasteiger partial charge in [-0.15, -0.1) is 0 Å². The Morgan fingerprint density at radius 1 is 1.14 bits per heavy atom. The molecular formula is C15H12Cl2N2OS. The van der Waals surface area contributed by atoms with Crippen molar-refractivity contribution in [1.82, 2.24) is 0 Å². The van der Waals surface area contributed by atoms with E-state index in [0.717, 1.165) is 26.4 Å². The standard InChI is InChI=1S/C15H12Cl2N2OS/c1-8-11-6-9(16)2-5-14(11)21-15(8)20-19-10-3-4-12(17)13(18)7-10/h2-7,19H,18H2,1H3. The molecule has 0 unspecified atom stereocenters. The van der Waals surface area contributed by atoms with Crippen molar-refractivity contribution in [2.75, 3.05) is 11.2 Å². The number of benzene rings is 2. The molecule has 3 rings (SSSR count). The molecule has 0 amide bonds. The summed E-state index contributed by atoms with van der Waals surface area (Å²) in [4.78, 5) is 5.67. The van der Waals surface area contributed by atoms with Gasteiger partial charge in [0.15, 0.2) is 0 Å². The quantitative estimate of drug-likeness (QED) is 0.489. The minimum absolute atomic E-state index is 0.505. The SMILES string of the molecule is Cc1c(ONc2ccc(Cl)c(N)c2)sc2ccc(Cl)cc12. The summed E-state index contributed by atoms with van der Waals surface area (Å²) in [6, 6.07) is 11.1. The van der Waals surface area contributed by atoms with Crippen molar-refractivity contribution < 1.29 is 4.84 Å². The fourth-order valence-corrected chi connectivity index (χ4v) is 3.27. The van der Waals surface area contributed by atoms with E-state index in [1.54, 1.807) is 29.5 Å². The van der Waals surface area contributed by atoms with Crippen LogP contribution in [-0.4, -0.2) is 0 Å². The highest BCUT2D eigenvalue weighted by molar-refractivity contribution is 7.21. The van der Waals surface area contributed by atoms with Crippen molar-refractivity contribution in [2.24, 2.45) is 0 Å². The van der Waals surface area contributed by atoms with E-state index in [0.29, 0.717) is 15.7 Å². The number of hydrogen-bond acceptors (Lipinski definition) is 4. The molecule has 0 saturated heterocycles. The van der Waals surface area contributed by atoms with Gasteiger partial charge in [-0.05, 0) is 43.3 Å². The summed E-state index contributed by atoms with van der Waals surface area (Å²) in [5, 5.41) is 3.13. The minimum atomic E-state index is 0.505. The summed E-state index contributed by atoms with van der Waals surface area (Å²) < 4.78 is 1.13. The molecule has 0 aliphatic heterocycles. The smallest absolute Gasteiger partial charge is 0.212 e. The van der Waals surface area contributed by atoms with Crippen LogP contribution in [0.25, 0.3) is 10.1 Å². The van der Waals surface area contributed by atoms with Crippen LogP contribution in [0.15, 0.2) is 36.4 Å². The first-order chi connectivity index (χ1) is 10.0. The van der Waals surface area contributed by atoms with E-state index in [1.807, 2.05) is 25.1 Å². The number of fused-ring (bicyclic) bond motifs is 1. The van der Waals surface area contributed by atoms with Gasteiger partial charge in [0, 0.05) is 20.7 Å². The Balaban J connectivity index is 1.84. The third-order valence-corrected chi connectivity index (χ3v) is 4.84. The van der Waals surface area contributed by atoms with Gasteiger partial charge in [0.1, 0.15) is 0 Å². The molecule has 3 aromatic rings. The van der Waals surface area contributed by atoms with Gasteiger partial charge in [0.2, 0.25) is 5.06 Å². The predicted molar refractivity (Wildman–Crippen MR) is 91.7 cm³/mol. The summed E-state index contributed by atoms with van der Waals surface area (Å²) in [6.07, 6.45) is 0. The number of rotatable bonds is 3. The summed E-state index contributed by atoms with van der Waals surface area (Å²) in [7, 11) is 0. The van der Waals surface area contributed by atoms with Crippen LogP contribution < -0.4 is 16.1 Å². The first-order valence-corrected chi connectivity index (χ1v) is 7.78. The van der Waals surface area contributed by atoms with Crippen molar-refractivity contribution in [2.45, 2.75) is 6.92 Å². The first kappa shape index (κ1) is 14.3. The third-order valence-electron chi connectivity index (χ3n) is 3.11. The van der Waals surface area contributed by atoms with Crippen LogP contribution >= 0.6 is 34.5 Å². The lowest BCUT2D eigenvalue weighted by atomic mass is 10.2. The molecule has 0 spiro atoms. The maximum absolute atomic E-state index is 6.03. The average molecular weight is 339 g/mol. The molecular weight excluding hydrogens is 327 g/mol. The maximum Gasteiger partial charge on any atom is 0.212 e. The molecule has 1 aromatic heterocycles. The number of aryl methyl sites for hydroxylation is 1. The van der Waals surface area contributed by atoms with Crippen molar-refractivity contribution in [3.8, 4) is 5.06 Å². The second kappa shape index (κ2) is 5.64.